The molecule has 20 heavy (non-hydrogen) atoms. The summed E-state index contributed by atoms with van der Waals surface area (Å²) in [5, 5.41) is 0. The highest BCUT2D eigenvalue weighted by Crippen LogP contribution is 2.17. The summed E-state index contributed by atoms with van der Waals surface area (Å²) < 4.78 is 5.43. The molecule has 3 heterocycles. The van der Waals surface area contributed by atoms with Crippen LogP contribution in [0.25, 0.3) is 0 Å². The Kier molecular flexibility index (Phi) is 4.50. The maximum Gasteiger partial charge on any atom is 0.128 e. The van der Waals surface area contributed by atoms with E-state index in [9.17, 15) is 0 Å². The predicted octanol–water partition coefficient (Wildman–Crippen LogP) is 0.567. The average Bonchev–Trinajstić information content (AvgIpc) is 3.03. The van der Waals surface area contributed by atoms with Crippen LogP contribution in [0, 0.1) is 5.92 Å². The van der Waals surface area contributed by atoms with Crippen molar-refractivity contribution in [2.45, 2.75) is 12.5 Å². The van der Waals surface area contributed by atoms with Crippen LogP contribution in [0.2, 0.25) is 0 Å². The molecule has 0 spiro atoms. The van der Waals surface area contributed by atoms with Crippen LogP contribution in [-0.2, 0) is 4.74 Å². The molecule has 1 aromatic heterocycles. The first kappa shape index (κ1) is 13.8. The first-order chi connectivity index (χ1) is 9.83. The van der Waals surface area contributed by atoms with E-state index in [0.29, 0.717) is 5.92 Å². The van der Waals surface area contributed by atoms with Crippen molar-refractivity contribution in [1.29, 1.82) is 0 Å². The summed E-state index contributed by atoms with van der Waals surface area (Å²) in [6, 6.07) is 6.34. The van der Waals surface area contributed by atoms with Gasteiger partial charge in [0.05, 0.1) is 6.61 Å². The summed E-state index contributed by atoms with van der Waals surface area (Å²) in [5.41, 5.74) is 6.31. The van der Waals surface area contributed by atoms with Gasteiger partial charge in [-0.25, -0.2) is 4.98 Å². The molecular weight excluding hydrogens is 252 g/mol. The highest BCUT2D eigenvalue weighted by atomic mass is 16.5. The van der Waals surface area contributed by atoms with Gasteiger partial charge in [-0.2, -0.15) is 0 Å². The molecule has 2 aliphatic rings. The van der Waals surface area contributed by atoms with Crippen LogP contribution >= 0.6 is 0 Å². The minimum absolute atomic E-state index is 0.249. The number of aromatic nitrogens is 1. The Morgan fingerprint density at radius 1 is 1.30 bits per heavy atom. The Morgan fingerprint density at radius 2 is 2.15 bits per heavy atom. The molecule has 0 saturated carbocycles. The van der Waals surface area contributed by atoms with Crippen molar-refractivity contribution < 1.29 is 4.74 Å². The lowest BCUT2D eigenvalue weighted by molar-refractivity contribution is 0.168. The number of rotatable bonds is 4. The Bertz CT molecular complexity index is 400. The molecule has 1 aromatic rings. The van der Waals surface area contributed by atoms with E-state index in [1.54, 1.807) is 0 Å². The van der Waals surface area contributed by atoms with Crippen molar-refractivity contribution in [1.82, 2.24) is 9.88 Å². The van der Waals surface area contributed by atoms with Gasteiger partial charge in [0.15, 0.2) is 0 Å². The van der Waals surface area contributed by atoms with Crippen molar-refractivity contribution >= 4 is 5.82 Å². The second-order valence-electron chi connectivity index (χ2n) is 5.76. The summed E-state index contributed by atoms with van der Waals surface area (Å²) in [5.74, 6) is 1.63. The Labute approximate surface area is 120 Å². The lowest BCUT2D eigenvalue weighted by Crippen LogP contribution is -2.51. The molecule has 5 nitrogen and oxygen atoms in total. The van der Waals surface area contributed by atoms with Gasteiger partial charge in [0, 0.05) is 57.5 Å². The fourth-order valence-corrected chi connectivity index (χ4v) is 3.04. The van der Waals surface area contributed by atoms with E-state index in [0.717, 1.165) is 58.2 Å². The van der Waals surface area contributed by atoms with Gasteiger partial charge in [-0.15, -0.1) is 0 Å². The van der Waals surface area contributed by atoms with Gasteiger partial charge in [0.25, 0.3) is 0 Å². The van der Waals surface area contributed by atoms with E-state index in [1.165, 1.54) is 0 Å². The van der Waals surface area contributed by atoms with E-state index in [-0.39, 0.29) is 6.04 Å². The summed E-state index contributed by atoms with van der Waals surface area (Å²) in [6.07, 6.45) is 2.98. The third-order valence-electron chi connectivity index (χ3n) is 4.38. The number of nitrogens with two attached hydrogens (primary N) is 1. The number of ether oxygens (including phenoxy) is 1. The van der Waals surface area contributed by atoms with Crippen molar-refractivity contribution in [3.8, 4) is 0 Å². The Hall–Kier alpha value is -1.17. The standard InChI is InChI=1S/C15H24N4O/c16-14(13-4-10-20-12-13)11-18-6-8-19(9-7-18)15-3-1-2-5-17-15/h1-3,5,13-14H,4,6-12,16H2. The molecule has 2 aliphatic heterocycles. The largest absolute Gasteiger partial charge is 0.381 e. The van der Waals surface area contributed by atoms with E-state index in [1.807, 2.05) is 18.3 Å². The van der Waals surface area contributed by atoms with Crippen LogP contribution in [0.5, 0.6) is 0 Å². The number of hydrogen-bond donors (Lipinski definition) is 1. The summed E-state index contributed by atoms with van der Waals surface area (Å²) in [6.45, 7) is 6.91. The molecule has 3 rings (SSSR count). The van der Waals surface area contributed by atoms with E-state index >= 15 is 0 Å². The quantitative estimate of drug-likeness (QED) is 0.871. The normalized spacial score (nSPS) is 25.9. The number of pyridine rings is 1. The van der Waals surface area contributed by atoms with Crippen molar-refractivity contribution in [3.63, 3.8) is 0 Å². The third kappa shape index (κ3) is 3.29. The summed E-state index contributed by atoms with van der Waals surface area (Å²) >= 11 is 0. The van der Waals surface area contributed by atoms with Gasteiger partial charge in [0.2, 0.25) is 0 Å². The molecule has 0 radical (unpaired) electrons. The molecule has 2 fully saturated rings. The minimum atomic E-state index is 0.249. The lowest BCUT2D eigenvalue weighted by Gasteiger charge is -2.37. The van der Waals surface area contributed by atoms with E-state index in [2.05, 4.69) is 20.9 Å². The topological polar surface area (TPSA) is 54.6 Å². The van der Waals surface area contributed by atoms with Crippen LogP contribution in [0.4, 0.5) is 5.82 Å². The molecular formula is C15H24N4O. The number of anilines is 1. The molecule has 5 heteroatoms. The van der Waals surface area contributed by atoms with E-state index in [4.69, 9.17) is 10.5 Å². The van der Waals surface area contributed by atoms with Crippen LogP contribution < -0.4 is 10.6 Å². The first-order valence-corrected chi connectivity index (χ1v) is 7.54. The number of piperazine rings is 1. The van der Waals surface area contributed by atoms with Gasteiger partial charge >= 0.3 is 0 Å². The molecule has 0 aromatic carbocycles. The van der Waals surface area contributed by atoms with Gasteiger partial charge in [-0.05, 0) is 18.6 Å². The summed E-state index contributed by atoms with van der Waals surface area (Å²) in [4.78, 5) is 9.24. The van der Waals surface area contributed by atoms with Gasteiger partial charge in [-0.3, -0.25) is 4.90 Å². The van der Waals surface area contributed by atoms with Crippen LogP contribution in [-0.4, -0.2) is 61.9 Å². The SMILES string of the molecule is NC(CN1CCN(c2ccccn2)CC1)C1CCOC1. The van der Waals surface area contributed by atoms with Gasteiger partial charge in [0.1, 0.15) is 5.82 Å². The van der Waals surface area contributed by atoms with Crippen LogP contribution in [0.3, 0.4) is 0 Å². The molecule has 0 aliphatic carbocycles. The monoisotopic (exact) mass is 276 g/mol. The maximum atomic E-state index is 6.31. The first-order valence-electron chi connectivity index (χ1n) is 7.54. The van der Waals surface area contributed by atoms with Gasteiger partial charge < -0.3 is 15.4 Å². The second kappa shape index (κ2) is 6.52. The molecule has 2 N–H and O–H groups in total. The molecule has 110 valence electrons. The second-order valence-corrected chi connectivity index (χ2v) is 5.76. The maximum absolute atomic E-state index is 6.31. The minimum Gasteiger partial charge on any atom is -0.381 e. The zero-order valence-corrected chi connectivity index (χ0v) is 11.9. The fourth-order valence-electron chi connectivity index (χ4n) is 3.04. The zero-order valence-electron chi connectivity index (χ0n) is 11.9. The highest BCUT2D eigenvalue weighted by Gasteiger charge is 2.26. The highest BCUT2D eigenvalue weighted by molar-refractivity contribution is 5.38. The molecule has 2 unspecified atom stereocenters. The van der Waals surface area contributed by atoms with E-state index < -0.39 is 0 Å². The molecule has 2 saturated heterocycles. The third-order valence-corrected chi connectivity index (χ3v) is 4.38. The van der Waals surface area contributed by atoms with Gasteiger partial charge in [-0.1, -0.05) is 6.07 Å². The van der Waals surface area contributed by atoms with Crippen molar-refractivity contribution in [3.05, 3.63) is 24.4 Å². The zero-order chi connectivity index (χ0) is 13.8. The molecule has 2 atom stereocenters. The lowest BCUT2D eigenvalue weighted by atomic mass is 9.99. The van der Waals surface area contributed by atoms with Crippen LogP contribution in [0.15, 0.2) is 24.4 Å². The van der Waals surface area contributed by atoms with Crippen LogP contribution in [0.1, 0.15) is 6.42 Å². The Balaban J connectivity index is 1.46. The predicted molar refractivity (Wildman–Crippen MR) is 79.8 cm³/mol. The summed E-state index contributed by atoms with van der Waals surface area (Å²) in [7, 11) is 0. The fraction of sp³-hybridized carbons (Fsp3) is 0.667. The number of hydrogen-bond acceptors (Lipinski definition) is 5. The Morgan fingerprint density at radius 3 is 2.80 bits per heavy atom. The number of nitrogens with zero attached hydrogens (tertiary/aromatic N) is 3. The van der Waals surface area contributed by atoms with Crippen molar-refractivity contribution in [2.75, 3.05) is 50.8 Å². The van der Waals surface area contributed by atoms with Crippen molar-refractivity contribution in [2.24, 2.45) is 11.7 Å². The molecule has 0 amide bonds. The molecule has 0 bridgehead atoms. The smallest absolute Gasteiger partial charge is 0.128 e. The average molecular weight is 276 g/mol.